The lowest BCUT2D eigenvalue weighted by Gasteiger charge is -2.14. The molecule has 0 bridgehead atoms. The first kappa shape index (κ1) is 19.2. The van der Waals surface area contributed by atoms with Gasteiger partial charge in [0.2, 0.25) is 5.91 Å². The van der Waals surface area contributed by atoms with Crippen LogP contribution < -0.4 is 10.9 Å². The van der Waals surface area contributed by atoms with Crippen molar-refractivity contribution in [3.8, 4) is 0 Å². The van der Waals surface area contributed by atoms with Crippen LogP contribution in [0.25, 0.3) is 10.2 Å². The third kappa shape index (κ3) is 3.98. The fourth-order valence-electron chi connectivity index (χ4n) is 3.73. The molecule has 28 heavy (non-hydrogen) atoms. The number of hydrogen-bond donors (Lipinski definition) is 2. The van der Waals surface area contributed by atoms with E-state index in [-0.39, 0.29) is 23.9 Å². The van der Waals surface area contributed by atoms with Crippen molar-refractivity contribution in [1.82, 2.24) is 15.3 Å². The van der Waals surface area contributed by atoms with Crippen molar-refractivity contribution in [2.24, 2.45) is 0 Å². The number of amides is 1. The molecular formula is C21H22ClN3O2S. The van der Waals surface area contributed by atoms with E-state index in [0.717, 1.165) is 35.0 Å². The highest BCUT2D eigenvalue weighted by molar-refractivity contribution is 7.18. The number of fused-ring (bicyclic) bond motifs is 3. The molecule has 1 amide bonds. The summed E-state index contributed by atoms with van der Waals surface area (Å²) in [7, 11) is 0. The Morgan fingerprint density at radius 2 is 2.18 bits per heavy atom. The first-order valence-electron chi connectivity index (χ1n) is 9.59. The van der Waals surface area contributed by atoms with Gasteiger partial charge in [0.1, 0.15) is 10.7 Å². The van der Waals surface area contributed by atoms with E-state index in [1.54, 1.807) is 17.4 Å². The van der Waals surface area contributed by atoms with E-state index in [2.05, 4.69) is 15.3 Å². The van der Waals surface area contributed by atoms with Crippen LogP contribution in [0, 0.1) is 0 Å². The van der Waals surface area contributed by atoms with Gasteiger partial charge in [-0.05, 0) is 55.9 Å². The maximum absolute atomic E-state index is 12.6. The monoisotopic (exact) mass is 415 g/mol. The summed E-state index contributed by atoms with van der Waals surface area (Å²) in [6.07, 6.45) is 4.98. The lowest BCUT2D eigenvalue weighted by Crippen LogP contribution is -2.27. The van der Waals surface area contributed by atoms with Crippen LogP contribution in [0.4, 0.5) is 0 Å². The van der Waals surface area contributed by atoms with Crippen LogP contribution in [0.5, 0.6) is 0 Å². The van der Waals surface area contributed by atoms with E-state index >= 15 is 0 Å². The predicted molar refractivity (Wildman–Crippen MR) is 113 cm³/mol. The standard InChI is InChI=1S/C21H22ClN3O2S/c1-12(13-5-4-6-14(22)11-13)23-18(26)10-9-17-24-20(27)19-15-7-2-3-8-16(15)28-21(19)25-17/h4-6,11-12H,2-3,7-10H2,1H3,(H,23,26)(H,24,25,27)/t12-/m1/s1. The zero-order valence-electron chi connectivity index (χ0n) is 15.7. The molecule has 2 N–H and O–H groups in total. The second-order valence-electron chi connectivity index (χ2n) is 7.25. The highest BCUT2D eigenvalue weighted by Crippen LogP contribution is 2.33. The van der Waals surface area contributed by atoms with Gasteiger partial charge in [0.25, 0.3) is 5.56 Å². The normalized spacial score (nSPS) is 14.6. The fourth-order valence-corrected chi connectivity index (χ4v) is 5.21. The number of hydrogen-bond acceptors (Lipinski definition) is 4. The third-order valence-corrected chi connectivity index (χ3v) is 6.61. The van der Waals surface area contributed by atoms with Crippen molar-refractivity contribution >= 4 is 39.1 Å². The molecule has 5 nitrogen and oxygen atoms in total. The Morgan fingerprint density at radius 3 is 3.00 bits per heavy atom. The van der Waals surface area contributed by atoms with Crippen molar-refractivity contribution in [3.63, 3.8) is 0 Å². The topological polar surface area (TPSA) is 74.8 Å². The molecule has 1 atom stereocenters. The van der Waals surface area contributed by atoms with Crippen molar-refractivity contribution in [2.75, 3.05) is 0 Å². The Kier molecular flexibility index (Phi) is 5.51. The SMILES string of the molecule is C[C@@H](NC(=O)CCc1nc2sc3c(c2c(=O)[nH]1)CCCC3)c1cccc(Cl)c1. The zero-order valence-corrected chi connectivity index (χ0v) is 17.3. The van der Waals surface area contributed by atoms with Crippen LogP contribution in [0.3, 0.4) is 0 Å². The Hall–Kier alpha value is -2.18. The van der Waals surface area contributed by atoms with Gasteiger partial charge < -0.3 is 10.3 Å². The predicted octanol–water partition coefficient (Wildman–Crippen LogP) is 4.33. The van der Waals surface area contributed by atoms with Gasteiger partial charge in [-0.15, -0.1) is 11.3 Å². The minimum atomic E-state index is -0.135. The molecule has 146 valence electrons. The number of nitrogens with zero attached hydrogens (tertiary/aromatic N) is 1. The van der Waals surface area contributed by atoms with Crippen molar-refractivity contribution in [1.29, 1.82) is 0 Å². The summed E-state index contributed by atoms with van der Waals surface area (Å²) in [6, 6.07) is 7.32. The number of carbonyl (C=O) groups excluding carboxylic acids is 1. The number of carbonyl (C=O) groups is 1. The lowest BCUT2D eigenvalue weighted by molar-refractivity contribution is -0.121. The Labute approximate surface area is 172 Å². The van der Waals surface area contributed by atoms with Gasteiger partial charge >= 0.3 is 0 Å². The van der Waals surface area contributed by atoms with Crippen LogP contribution in [-0.2, 0) is 24.1 Å². The summed E-state index contributed by atoms with van der Waals surface area (Å²) in [5, 5.41) is 4.37. The summed E-state index contributed by atoms with van der Waals surface area (Å²) in [5.41, 5.74) is 2.06. The number of halogens is 1. The maximum Gasteiger partial charge on any atom is 0.259 e. The minimum Gasteiger partial charge on any atom is -0.350 e. The van der Waals surface area contributed by atoms with E-state index in [9.17, 15) is 9.59 Å². The van der Waals surface area contributed by atoms with Gasteiger partial charge in [0.05, 0.1) is 11.4 Å². The molecule has 3 aromatic rings. The lowest BCUT2D eigenvalue weighted by atomic mass is 9.97. The second kappa shape index (κ2) is 8.05. The van der Waals surface area contributed by atoms with Crippen LogP contribution in [0.1, 0.15) is 54.1 Å². The van der Waals surface area contributed by atoms with Crippen LogP contribution in [0.2, 0.25) is 5.02 Å². The molecule has 2 heterocycles. The quantitative estimate of drug-likeness (QED) is 0.651. The number of H-pyrrole nitrogens is 1. The second-order valence-corrected chi connectivity index (χ2v) is 8.77. The number of rotatable bonds is 5. The van der Waals surface area contributed by atoms with Crippen LogP contribution in [0.15, 0.2) is 29.1 Å². The molecule has 0 aliphatic heterocycles. The van der Waals surface area contributed by atoms with E-state index in [1.807, 2.05) is 25.1 Å². The average molecular weight is 416 g/mol. The molecule has 0 spiro atoms. The molecule has 0 radical (unpaired) electrons. The smallest absolute Gasteiger partial charge is 0.259 e. The van der Waals surface area contributed by atoms with Crippen LogP contribution in [-0.4, -0.2) is 15.9 Å². The highest BCUT2D eigenvalue weighted by Gasteiger charge is 2.20. The Balaban J connectivity index is 1.44. The summed E-state index contributed by atoms with van der Waals surface area (Å²) >= 11 is 7.64. The molecule has 1 aliphatic carbocycles. The first-order chi connectivity index (χ1) is 13.5. The maximum atomic E-state index is 12.6. The van der Waals surface area contributed by atoms with Crippen molar-refractivity contribution in [3.05, 3.63) is 61.5 Å². The van der Waals surface area contributed by atoms with Gasteiger partial charge in [-0.25, -0.2) is 4.98 Å². The van der Waals surface area contributed by atoms with Crippen LogP contribution >= 0.6 is 22.9 Å². The van der Waals surface area contributed by atoms with Crippen molar-refractivity contribution in [2.45, 2.75) is 51.5 Å². The first-order valence-corrected chi connectivity index (χ1v) is 10.8. The zero-order chi connectivity index (χ0) is 19.7. The molecule has 2 aromatic heterocycles. The molecule has 0 saturated heterocycles. The number of aromatic nitrogens is 2. The summed E-state index contributed by atoms with van der Waals surface area (Å²) in [6.45, 7) is 1.92. The number of benzene rings is 1. The molecule has 7 heteroatoms. The summed E-state index contributed by atoms with van der Waals surface area (Å²) < 4.78 is 0. The van der Waals surface area contributed by atoms with E-state index in [0.29, 0.717) is 17.3 Å². The molecule has 0 fully saturated rings. The fraction of sp³-hybridized carbons (Fsp3) is 0.381. The van der Waals surface area contributed by atoms with E-state index < -0.39 is 0 Å². The number of thiophene rings is 1. The van der Waals surface area contributed by atoms with Gasteiger partial charge in [-0.3, -0.25) is 9.59 Å². The van der Waals surface area contributed by atoms with Gasteiger partial charge in [-0.2, -0.15) is 0 Å². The van der Waals surface area contributed by atoms with E-state index in [4.69, 9.17) is 11.6 Å². The van der Waals surface area contributed by atoms with Gasteiger partial charge in [-0.1, -0.05) is 23.7 Å². The minimum absolute atomic E-state index is 0.0768. The van der Waals surface area contributed by atoms with Gasteiger partial charge in [0, 0.05) is 22.7 Å². The molecular weight excluding hydrogens is 394 g/mol. The third-order valence-electron chi connectivity index (χ3n) is 5.19. The Bertz CT molecular complexity index is 1090. The molecule has 4 rings (SSSR count). The molecule has 0 unspecified atom stereocenters. The summed E-state index contributed by atoms with van der Waals surface area (Å²) in [5.74, 6) is 0.488. The number of nitrogens with one attached hydrogen (secondary N) is 2. The highest BCUT2D eigenvalue weighted by atomic mass is 35.5. The molecule has 1 aliphatic rings. The van der Waals surface area contributed by atoms with Gasteiger partial charge in [0.15, 0.2) is 0 Å². The summed E-state index contributed by atoms with van der Waals surface area (Å²) in [4.78, 5) is 34.5. The Morgan fingerprint density at radius 1 is 1.36 bits per heavy atom. The molecule has 0 saturated carbocycles. The number of aryl methyl sites for hydroxylation is 3. The average Bonchev–Trinajstić information content (AvgIpc) is 3.05. The van der Waals surface area contributed by atoms with E-state index in [1.165, 1.54) is 16.9 Å². The van der Waals surface area contributed by atoms with Crippen molar-refractivity contribution < 1.29 is 4.79 Å². The largest absolute Gasteiger partial charge is 0.350 e. The molecule has 1 aromatic carbocycles. The number of aromatic amines is 1.